The Morgan fingerprint density at radius 1 is 1.20 bits per heavy atom. The average Bonchev–Trinajstić information content (AvgIpc) is 2.61. The molecule has 0 bridgehead atoms. The molecule has 1 aromatic rings. The van der Waals surface area contributed by atoms with Crippen LogP contribution in [0, 0.1) is 0 Å². The fraction of sp³-hybridized carbons (Fsp3) is 0.579. The third kappa shape index (κ3) is 7.23. The van der Waals surface area contributed by atoms with Crippen molar-refractivity contribution >= 4 is 11.7 Å². The summed E-state index contributed by atoms with van der Waals surface area (Å²) < 4.78 is 5.61. The molecule has 25 heavy (non-hydrogen) atoms. The molecule has 0 unspecified atom stereocenters. The van der Waals surface area contributed by atoms with E-state index in [0.717, 1.165) is 32.7 Å². The second-order valence-corrected chi connectivity index (χ2v) is 6.53. The Hall–Kier alpha value is -1.92. The Morgan fingerprint density at radius 3 is 2.68 bits per heavy atom. The highest BCUT2D eigenvalue weighted by molar-refractivity contribution is 5.94. The van der Waals surface area contributed by atoms with Crippen LogP contribution >= 0.6 is 0 Å². The molecular formula is C19H29N3O3. The lowest BCUT2D eigenvalue weighted by Gasteiger charge is -2.32. The van der Waals surface area contributed by atoms with Gasteiger partial charge in [-0.1, -0.05) is 12.1 Å². The molecule has 1 heterocycles. The van der Waals surface area contributed by atoms with Gasteiger partial charge in [0.25, 0.3) is 0 Å². The summed E-state index contributed by atoms with van der Waals surface area (Å²) in [5, 5.41) is 2.97. The van der Waals surface area contributed by atoms with Crippen LogP contribution in [0.5, 0.6) is 5.75 Å². The van der Waals surface area contributed by atoms with E-state index in [2.05, 4.69) is 22.2 Å². The van der Waals surface area contributed by atoms with E-state index in [-0.39, 0.29) is 11.7 Å². The van der Waals surface area contributed by atoms with Crippen molar-refractivity contribution in [2.75, 3.05) is 52.9 Å². The van der Waals surface area contributed by atoms with Crippen LogP contribution < -0.4 is 10.1 Å². The maximum absolute atomic E-state index is 11.9. The van der Waals surface area contributed by atoms with Crippen molar-refractivity contribution in [2.45, 2.75) is 19.8 Å². The standard InChI is InChI=1S/C19H29N3O3/c1-16(23)17-5-3-6-18(15-17)25-14-4-7-19(24)20-8-9-22-12-10-21(2)11-13-22/h3,5-6,15H,4,7-14H2,1-2H3,(H,20,24). The van der Waals surface area contributed by atoms with Crippen LogP contribution in [0.4, 0.5) is 0 Å². The number of amides is 1. The topological polar surface area (TPSA) is 61.9 Å². The number of ether oxygens (including phenoxy) is 1. The molecule has 0 aliphatic carbocycles. The SMILES string of the molecule is CC(=O)c1cccc(OCCCC(=O)NCCN2CCN(C)CC2)c1. The zero-order valence-corrected chi connectivity index (χ0v) is 15.3. The van der Waals surface area contributed by atoms with E-state index in [4.69, 9.17) is 4.74 Å². The van der Waals surface area contributed by atoms with Gasteiger partial charge in [0.1, 0.15) is 5.75 Å². The Morgan fingerprint density at radius 2 is 1.96 bits per heavy atom. The van der Waals surface area contributed by atoms with Gasteiger partial charge in [-0.05, 0) is 32.5 Å². The summed E-state index contributed by atoms with van der Waals surface area (Å²) in [5.74, 6) is 0.753. The molecule has 1 N–H and O–H groups in total. The van der Waals surface area contributed by atoms with Gasteiger partial charge in [-0.3, -0.25) is 14.5 Å². The molecule has 1 amide bonds. The molecule has 1 saturated heterocycles. The Bertz CT molecular complexity index is 569. The minimum absolute atomic E-state index is 0.0187. The van der Waals surface area contributed by atoms with Crippen molar-refractivity contribution in [3.8, 4) is 5.75 Å². The molecule has 2 rings (SSSR count). The van der Waals surface area contributed by atoms with E-state index in [1.165, 1.54) is 6.92 Å². The summed E-state index contributed by atoms with van der Waals surface area (Å²) in [6.45, 7) is 7.93. The van der Waals surface area contributed by atoms with Gasteiger partial charge in [0.2, 0.25) is 5.91 Å². The van der Waals surface area contributed by atoms with Gasteiger partial charge in [-0.15, -0.1) is 0 Å². The number of carbonyl (C=O) groups is 2. The van der Waals surface area contributed by atoms with Gasteiger partial charge < -0.3 is 15.0 Å². The van der Waals surface area contributed by atoms with Crippen molar-refractivity contribution in [3.05, 3.63) is 29.8 Å². The molecule has 0 spiro atoms. The van der Waals surface area contributed by atoms with Crippen LogP contribution in [0.3, 0.4) is 0 Å². The van der Waals surface area contributed by atoms with Gasteiger partial charge in [0.05, 0.1) is 6.61 Å². The van der Waals surface area contributed by atoms with E-state index >= 15 is 0 Å². The molecule has 0 saturated carbocycles. The minimum atomic E-state index is 0.0187. The zero-order chi connectivity index (χ0) is 18.1. The molecular weight excluding hydrogens is 318 g/mol. The number of hydrogen-bond donors (Lipinski definition) is 1. The molecule has 0 radical (unpaired) electrons. The van der Waals surface area contributed by atoms with E-state index in [1.807, 2.05) is 6.07 Å². The largest absolute Gasteiger partial charge is 0.494 e. The first-order valence-electron chi connectivity index (χ1n) is 8.96. The maximum Gasteiger partial charge on any atom is 0.220 e. The lowest BCUT2D eigenvalue weighted by atomic mass is 10.1. The lowest BCUT2D eigenvalue weighted by molar-refractivity contribution is -0.121. The molecule has 1 fully saturated rings. The normalized spacial score (nSPS) is 15.8. The number of benzene rings is 1. The van der Waals surface area contributed by atoms with Crippen LogP contribution in [0.1, 0.15) is 30.1 Å². The van der Waals surface area contributed by atoms with Crippen molar-refractivity contribution in [1.82, 2.24) is 15.1 Å². The minimum Gasteiger partial charge on any atom is -0.494 e. The Kier molecular flexibility index (Phi) is 7.88. The molecule has 1 aliphatic rings. The predicted octanol–water partition coefficient (Wildman–Crippen LogP) is 1.41. The lowest BCUT2D eigenvalue weighted by Crippen LogP contribution is -2.46. The number of rotatable bonds is 9. The third-order valence-corrected chi connectivity index (χ3v) is 4.40. The van der Waals surface area contributed by atoms with Crippen molar-refractivity contribution in [3.63, 3.8) is 0 Å². The fourth-order valence-electron chi connectivity index (χ4n) is 2.74. The molecule has 6 heteroatoms. The average molecular weight is 347 g/mol. The summed E-state index contributed by atoms with van der Waals surface area (Å²) >= 11 is 0. The van der Waals surface area contributed by atoms with Crippen molar-refractivity contribution in [2.24, 2.45) is 0 Å². The molecule has 1 aliphatic heterocycles. The van der Waals surface area contributed by atoms with E-state index < -0.39 is 0 Å². The smallest absolute Gasteiger partial charge is 0.220 e. The fourth-order valence-corrected chi connectivity index (χ4v) is 2.74. The van der Waals surface area contributed by atoms with Gasteiger partial charge in [0.15, 0.2) is 5.78 Å². The molecule has 1 aromatic carbocycles. The van der Waals surface area contributed by atoms with E-state index in [9.17, 15) is 9.59 Å². The van der Waals surface area contributed by atoms with Crippen molar-refractivity contribution in [1.29, 1.82) is 0 Å². The monoisotopic (exact) mass is 347 g/mol. The first kappa shape index (κ1) is 19.4. The van der Waals surface area contributed by atoms with Crippen LogP contribution in [-0.2, 0) is 4.79 Å². The zero-order valence-electron chi connectivity index (χ0n) is 15.3. The number of piperazine rings is 1. The highest BCUT2D eigenvalue weighted by Gasteiger charge is 2.13. The van der Waals surface area contributed by atoms with E-state index in [1.54, 1.807) is 18.2 Å². The summed E-state index contributed by atoms with van der Waals surface area (Å²) in [4.78, 5) is 27.9. The number of ketones is 1. The number of likely N-dealkylation sites (N-methyl/N-ethyl adjacent to an activating group) is 1. The Labute approximate surface area is 150 Å². The van der Waals surface area contributed by atoms with Crippen LogP contribution in [0.2, 0.25) is 0 Å². The number of nitrogens with zero attached hydrogens (tertiary/aromatic N) is 2. The third-order valence-electron chi connectivity index (χ3n) is 4.40. The van der Waals surface area contributed by atoms with Gasteiger partial charge >= 0.3 is 0 Å². The second-order valence-electron chi connectivity index (χ2n) is 6.53. The summed E-state index contributed by atoms with van der Waals surface area (Å²) in [6.07, 6.45) is 1.11. The van der Waals surface area contributed by atoms with Gasteiger partial charge in [-0.25, -0.2) is 0 Å². The Balaban J connectivity index is 1.55. The van der Waals surface area contributed by atoms with Crippen LogP contribution in [-0.4, -0.2) is 74.4 Å². The first-order valence-corrected chi connectivity index (χ1v) is 8.96. The summed E-state index contributed by atoms with van der Waals surface area (Å²) in [6, 6.07) is 7.13. The quantitative estimate of drug-likeness (QED) is 0.541. The first-order chi connectivity index (χ1) is 12.0. The number of carbonyl (C=O) groups excluding carboxylic acids is 2. The summed E-state index contributed by atoms with van der Waals surface area (Å²) in [5.41, 5.74) is 0.638. The highest BCUT2D eigenvalue weighted by atomic mass is 16.5. The predicted molar refractivity (Wildman–Crippen MR) is 98.1 cm³/mol. The van der Waals surface area contributed by atoms with E-state index in [0.29, 0.717) is 37.3 Å². The molecule has 0 atom stereocenters. The van der Waals surface area contributed by atoms with Gasteiger partial charge in [0, 0.05) is 51.3 Å². The number of nitrogens with one attached hydrogen (secondary N) is 1. The molecule has 138 valence electrons. The second kappa shape index (κ2) is 10.2. The van der Waals surface area contributed by atoms with Gasteiger partial charge in [-0.2, -0.15) is 0 Å². The maximum atomic E-state index is 11.9. The van der Waals surface area contributed by atoms with Crippen LogP contribution in [0.15, 0.2) is 24.3 Å². The number of Topliss-reactive ketones (excluding diaryl/α,β-unsaturated/α-hetero) is 1. The van der Waals surface area contributed by atoms with Crippen molar-refractivity contribution < 1.29 is 14.3 Å². The number of hydrogen-bond acceptors (Lipinski definition) is 5. The molecule has 0 aromatic heterocycles. The summed E-state index contributed by atoms with van der Waals surface area (Å²) in [7, 11) is 2.14. The van der Waals surface area contributed by atoms with Crippen LogP contribution in [0.25, 0.3) is 0 Å². The highest BCUT2D eigenvalue weighted by Crippen LogP contribution is 2.14. The molecule has 6 nitrogen and oxygen atoms in total.